The molecule has 0 radical (unpaired) electrons. The lowest BCUT2D eigenvalue weighted by Crippen LogP contribution is -1.98. The summed E-state index contributed by atoms with van der Waals surface area (Å²) >= 11 is 0. The van der Waals surface area contributed by atoms with Crippen LogP contribution in [0.3, 0.4) is 0 Å². The average Bonchev–Trinajstić information content (AvgIpc) is 3.16. The minimum atomic E-state index is -0.836. The van der Waals surface area contributed by atoms with Crippen LogP contribution >= 0.6 is 0 Å². The van der Waals surface area contributed by atoms with Crippen molar-refractivity contribution in [2.75, 3.05) is 0 Å². The number of ether oxygens (including phenoxy) is 1. The van der Waals surface area contributed by atoms with Gasteiger partial charge < -0.3 is 4.74 Å². The van der Waals surface area contributed by atoms with Crippen molar-refractivity contribution in [3.05, 3.63) is 121 Å². The van der Waals surface area contributed by atoms with Crippen LogP contribution in [0.2, 0.25) is 0 Å². The van der Waals surface area contributed by atoms with Crippen molar-refractivity contribution < 1.29 is 32.2 Å². The molecule has 7 aromatic rings. The van der Waals surface area contributed by atoms with Gasteiger partial charge in [0.15, 0.2) is 0 Å². The lowest BCUT2D eigenvalue weighted by atomic mass is 9.86. The minimum Gasteiger partial charge on any atom is -0.456 e. The molecule has 162 valence electrons. The smallest absolute Gasteiger partial charge is 0.135 e. The summed E-state index contributed by atoms with van der Waals surface area (Å²) in [6, 6.07) is -15.2. The Morgan fingerprint density at radius 3 is 2.11 bits per heavy atom. The third kappa shape index (κ3) is 2.58. The van der Waals surface area contributed by atoms with E-state index in [1.54, 1.807) is 0 Å². The molecule has 0 spiro atoms. The molecule has 1 aliphatic heterocycles. The first-order chi connectivity index (χ1) is 25.7. The Hall–Kier alpha value is -4.62. The molecule has 0 saturated heterocycles. The summed E-state index contributed by atoms with van der Waals surface area (Å²) in [5, 5.41) is -3.72. The normalized spacial score (nSPS) is 20.2. The van der Waals surface area contributed by atoms with Gasteiger partial charge in [0.25, 0.3) is 0 Å². The summed E-state index contributed by atoms with van der Waals surface area (Å²) in [5.74, 6) is -1.04. The zero-order valence-corrected chi connectivity index (χ0v) is 17.4. The fourth-order valence-electron chi connectivity index (χ4n) is 4.48. The third-order valence-corrected chi connectivity index (χ3v) is 5.95. The topological polar surface area (TPSA) is 9.23 Å². The summed E-state index contributed by atoms with van der Waals surface area (Å²) in [6.45, 7) is 0. The van der Waals surface area contributed by atoms with Crippen LogP contribution in [-0.4, -0.2) is 0 Å². The Morgan fingerprint density at radius 2 is 1.17 bits per heavy atom. The summed E-state index contributed by atoms with van der Waals surface area (Å²) < 4.78 is 182. The molecule has 8 rings (SSSR count). The van der Waals surface area contributed by atoms with Crippen LogP contribution in [0, 0.1) is 0 Å². The van der Waals surface area contributed by atoms with E-state index < -0.39 is 181 Å². The van der Waals surface area contributed by atoms with Gasteiger partial charge >= 0.3 is 0 Å². The molecule has 7 aromatic carbocycles. The van der Waals surface area contributed by atoms with E-state index in [9.17, 15) is 6.85 Å². The zero-order valence-electron chi connectivity index (χ0n) is 37.4. The molecule has 0 atom stereocenters. The first-order valence-corrected chi connectivity index (χ1v) is 10.4. The van der Waals surface area contributed by atoms with E-state index in [1.165, 1.54) is 0 Å². The highest BCUT2D eigenvalue weighted by atomic mass is 16.5. The first kappa shape index (κ1) is 7.96. The Bertz CT molecular complexity index is 3060. The number of hydrogen-bond donors (Lipinski definition) is 0. The molecule has 0 N–H and O–H groups in total. The fourth-order valence-corrected chi connectivity index (χ4v) is 4.48. The molecular weight excluding hydrogens is 424 g/mol. The molecule has 0 bridgehead atoms. The van der Waals surface area contributed by atoms with Gasteiger partial charge in [-0.3, -0.25) is 0 Å². The van der Waals surface area contributed by atoms with Gasteiger partial charge in [0, 0.05) is 10.9 Å². The highest BCUT2D eigenvalue weighted by Crippen LogP contribution is 2.50. The maximum Gasteiger partial charge on any atom is 0.135 e. The number of fused-ring (bicyclic) bond motifs is 6. The Balaban J connectivity index is 1.78. The predicted octanol–water partition coefficient (Wildman–Crippen LogP) is 9.74. The van der Waals surface area contributed by atoms with Crippen molar-refractivity contribution in [3.8, 4) is 33.8 Å². The predicted molar refractivity (Wildman–Crippen MR) is 147 cm³/mol. The van der Waals surface area contributed by atoms with E-state index in [0.29, 0.717) is 0 Å². The van der Waals surface area contributed by atoms with Crippen LogP contribution in [0.5, 0.6) is 11.5 Å². The summed E-state index contributed by atoms with van der Waals surface area (Å²) in [7, 11) is 0. The van der Waals surface area contributed by atoms with Crippen molar-refractivity contribution in [2.24, 2.45) is 0 Å². The molecule has 1 nitrogen and oxygen atoms in total. The second-order valence-corrected chi connectivity index (χ2v) is 7.76. The van der Waals surface area contributed by atoms with Crippen molar-refractivity contribution in [1.29, 1.82) is 0 Å². The van der Waals surface area contributed by atoms with Gasteiger partial charge in [-0.05, 0) is 78.6 Å². The van der Waals surface area contributed by atoms with E-state index in [-0.39, 0.29) is 16.5 Å². The van der Waals surface area contributed by atoms with Crippen LogP contribution in [0.4, 0.5) is 0 Å². The second-order valence-electron chi connectivity index (χ2n) is 7.76. The lowest BCUT2D eigenvalue weighted by molar-refractivity contribution is 0.487. The third-order valence-electron chi connectivity index (χ3n) is 5.95. The summed E-state index contributed by atoms with van der Waals surface area (Å²) in [4.78, 5) is 0. The van der Waals surface area contributed by atoms with E-state index >= 15 is 0 Å². The van der Waals surface area contributed by atoms with Crippen molar-refractivity contribution >= 4 is 43.1 Å². The first-order valence-electron chi connectivity index (χ1n) is 20.4. The van der Waals surface area contributed by atoms with Crippen LogP contribution in [0.1, 0.15) is 27.4 Å². The summed E-state index contributed by atoms with van der Waals surface area (Å²) in [6.07, 6.45) is 0. The number of benzene rings is 7. The van der Waals surface area contributed by atoms with E-state index in [2.05, 4.69) is 0 Å². The van der Waals surface area contributed by atoms with Crippen molar-refractivity contribution in [3.63, 3.8) is 0 Å². The van der Waals surface area contributed by atoms with Gasteiger partial charge in [0.1, 0.15) is 11.5 Å². The lowest BCUT2D eigenvalue weighted by Gasteiger charge is -2.23. The minimum absolute atomic E-state index is 0.336. The molecule has 0 aliphatic carbocycles. The summed E-state index contributed by atoms with van der Waals surface area (Å²) in [5.41, 5.74) is -1.82. The maximum atomic E-state index is 9.40. The monoisotopic (exact) mass is 464 g/mol. The largest absolute Gasteiger partial charge is 0.456 e. The highest BCUT2D eigenvalue weighted by Gasteiger charge is 2.22. The molecule has 0 aromatic heterocycles. The van der Waals surface area contributed by atoms with Gasteiger partial charge in [0.05, 0.1) is 27.4 Å². The molecule has 1 heterocycles. The molecule has 1 aliphatic rings. The van der Waals surface area contributed by atoms with Crippen molar-refractivity contribution in [1.82, 2.24) is 0 Å². The standard InChI is InChI=1S/C34H20O/c1-3-10-23-21(8-1)16-17-29-30(23)20-22-9-2-4-11-24(22)33(29)28-18-19-32-34-26(13-7-14-27(28)34)25-12-5-6-15-31(25)35-32/h1-20H/i1D,2D,3D,4D,5D,6D,7D,8D,9D,10D,11D,12D,13D,14D,15D,16D,17D,18D,19D,20D. The SMILES string of the molecule is [2H]c1c([2H])c([2H])c2c(c1[2H])Oc1c([2H])c([2H])c(-c3c4c([2H])c([2H])c([2H])c([2H])c4c([2H])c4c3c([2H])c([2H])c3c([2H])c([2H])c([2H])c([2H])c34)c3c([2H])c([2H])c([2H])c-2c13. The van der Waals surface area contributed by atoms with Crippen molar-refractivity contribution in [2.45, 2.75) is 0 Å². The second kappa shape index (κ2) is 6.94. The van der Waals surface area contributed by atoms with Gasteiger partial charge in [-0.25, -0.2) is 0 Å². The van der Waals surface area contributed by atoms with Gasteiger partial charge in [-0.15, -0.1) is 0 Å². The molecule has 0 fully saturated rings. The van der Waals surface area contributed by atoms with Crippen LogP contribution in [-0.2, 0) is 0 Å². The number of rotatable bonds is 1. The zero-order chi connectivity index (χ0) is 40.3. The molecule has 0 saturated carbocycles. The van der Waals surface area contributed by atoms with Gasteiger partial charge in [0.2, 0.25) is 0 Å². The average molecular weight is 465 g/mol. The molecule has 0 unspecified atom stereocenters. The quantitative estimate of drug-likeness (QED) is 0.173. The van der Waals surface area contributed by atoms with E-state index in [1.807, 2.05) is 0 Å². The Morgan fingerprint density at radius 1 is 0.429 bits per heavy atom. The highest BCUT2D eigenvalue weighted by molar-refractivity contribution is 6.23. The number of hydrogen-bond acceptors (Lipinski definition) is 1. The van der Waals surface area contributed by atoms with Crippen LogP contribution in [0.25, 0.3) is 65.3 Å². The molecular formula is C34H20O. The number of para-hydroxylation sites is 1. The molecule has 35 heavy (non-hydrogen) atoms. The van der Waals surface area contributed by atoms with E-state index in [4.69, 9.17) is 25.3 Å². The van der Waals surface area contributed by atoms with Gasteiger partial charge in [-0.2, -0.15) is 0 Å². The van der Waals surface area contributed by atoms with Crippen LogP contribution in [0.15, 0.2) is 121 Å². The fraction of sp³-hybridized carbons (Fsp3) is 0. The Labute approximate surface area is 230 Å². The maximum absolute atomic E-state index is 9.40. The molecule has 0 amide bonds. The van der Waals surface area contributed by atoms with Gasteiger partial charge in [-0.1, -0.05) is 96.7 Å². The Kier molecular flexibility index (Phi) is 1.58. The van der Waals surface area contributed by atoms with Crippen LogP contribution < -0.4 is 4.74 Å². The van der Waals surface area contributed by atoms with E-state index in [0.717, 1.165) is 0 Å². The molecule has 1 heteroatoms.